The summed E-state index contributed by atoms with van der Waals surface area (Å²) in [6, 6.07) is 33.1. The first kappa shape index (κ1) is 17.2. The smallest absolute Gasteiger partial charge is 0.200 e. The molecule has 0 aliphatic rings. The van der Waals surface area contributed by atoms with E-state index in [1.165, 1.54) is 59.9 Å². The minimum Gasteiger partial charge on any atom is -0.200 e. The number of hydrogen-bond acceptors (Lipinski definition) is 0. The Hall–Kier alpha value is -3.71. The molecule has 0 unspecified atom stereocenters. The van der Waals surface area contributed by atoms with Crippen LogP contribution in [-0.4, -0.2) is 0 Å². The maximum Gasteiger partial charge on any atom is 0.213 e. The van der Waals surface area contributed by atoms with Crippen LogP contribution < -0.4 is 4.57 Å². The van der Waals surface area contributed by atoms with Gasteiger partial charge in [0.15, 0.2) is 6.20 Å². The third-order valence-electron chi connectivity index (χ3n) is 6.39. The summed E-state index contributed by atoms with van der Waals surface area (Å²) in [5.74, 6) is 0. The number of pyridine rings is 1. The molecule has 0 aliphatic heterocycles. The lowest BCUT2D eigenvalue weighted by Crippen LogP contribution is -2.30. The highest BCUT2D eigenvalue weighted by atomic mass is 14.9. The van der Waals surface area contributed by atoms with E-state index < -0.39 is 0 Å². The van der Waals surface area contributed by atoms with Crippen LogP contribution in [0.4, 0.5) is 0 Å². The zero-order chi connectivity index (χ0) is 20.2. The molecular weight excluding hydrogens is 362 g/mol. The van der Waals surface area contributed by atoms with Gasteiger partial charge in [-0.05, 0) is 44.8 Å². The van der Waals surface area contributed by atoms with Crippen molar-refractivity contribution in [2.45, 2.75) is 6.92 Å². The number of nitrogens with zero attached hydrogens (tertiary/aromatic N) is 1. The molecule has 30 heavy (non-hydrogen) atoms. The molecule has 1 heteroatoms. The van der Waals surface area contributed by atoms with Crippen molar-refractivity contribution in [3.05, 3.63) is 103 Å². The van der Waals surface area contributed by atoms with Crippen molar-refractivity contribution in [1.29, 1.82) is 0 Å². The number of aromatic nitrogens is 1. The summed E-state index contributed by atoms with van der Waals surface area (Å²) in [6.07, 6.45) is 2.31. The minimum atomic E-state index is 1.25. The standard InChI is InChI=1S/C29H22N/c1-19-15-16-20-9-3-4-10-21(20)29(19)28-17-26-24-13-7-5-11-22(24)23-12-6-8-14-25(23)27(26)18-30(28)2/h3-18H,1-2H3/q+1. The van der Waals surface area contributed by atoms with Gasteiger partial charge in [0.2, 0.25) is 5.69 Å². The van der Waals surface area contributed by atoms with Gasteiger partial charge in [-0.2, -0.15) is 0 Å². The van der Waals surface area contributed by atoms with Crippen LogP contribution >= 0.6 is 0 Å². The fourth-order valence-corrected chi connectivity index (χ4v) is 4.96. The first-order valence-corrected chi connectivity index (χ1v) is 10.4. The molecule has 0 amide bonds. The predicted molar refractivity (Wildman–Crippen MR) is 128 cm³/mol. The van der Waals surface area contributed by atoms with E-state index >= 15 is 0 Å². The van der Waals surface area contributed by atoms with E-state index in [0.717, 1.165) is 0 Å². The van der Waals surface area contributed by atoms with Gasteiger partial charge in [0.05, 0.1) is 10.9 Å². The summed E-state index contributed by atoms with van der Waals surface area (Å²) in [5, 5.41) is 10.4. The fraction of sp³-hybridized carbons (Fsp3) is 0.0690. The average Bonchev–Trinajstić information content (AvgIpc) is 2.79. The van der Waals surface area contributed by atoms with Crippen molar-refractivity contribution >= 4 is 43.1 Å². The molecule has 1 heterocycles. The molecule has 0 saturated heterocycles. The topological polar surface area (TPSA) is 3.88 Å². The number of benzene rings is 5. The number of fused-ring (bicyclic) bond motifs is 7. The molecule has 6 aromatic rings. The van der Waals surface area contributed by atoms with Crippen LogP contribution in [0, 0.1) is 6.92 Å². The summed E-state index contributed by atoms with van der Waals surface area (Å²) in [5.41, 5.74) is 3.86. The largest absolute Gasteiger partial charge is 0.213 e. The molecule has 1 aromatic heterocycles. The van der Waals surface area contributed by atoms with Crippen LogP contribution in [0.15, 0.2) is 97.2 Å². The van der Waals surface area contributed by atoms with Gasteiger partial charge >= 0.3 is 0 Å². The molecule has 0 radical (unpaired) electrons. The van der Waals surface area contributed by atoms with E-state index in [0.29, 0.717) is 0 Å². The van der Waals surface area contributed by atoms with Crippen LogP contribution in [0.1, 0.15) is 5.56 Å². The van der Waals surface area contributed by atoms with Crippen molar-refractivity contribution in [2.24, 2.45) is 7.05 Å². The Morgan fingerprint density at radius 2 is 1.07 bits per heavy atom. The Bertz CT molecular complexity index is 1610. The molecule has 142 valence electrons. The Kier molecular flexibility index (Phi) is 3.66. The molecule has 0 aliphatic carbocycles. The highest BCUT2D eigenvalue weighted by molar-refractivity contribution is 6.25. The van der Waals surface area contributed by atoms with Gasteiger partial charge in [-0.25, -0.2) is 4.57 Å². The number of aryl methyl sites for hydroxylation is 2. The lowest BCUT2D eigenvalue weighted by molar-refractivity contribution is -0.659. The van der Waals surface area contributed by atoms with E-state index in [2.05, 4.69) is 116 Å². The lowest BCUT2D eigenvalue weighted by atomic mass is 9.92. The van der Waals surface area contributed by atoms with Crippen LogP contribution in [0.25, 0.3) is 54.3 Å². The second-order valence-electron chi connectivity index (χ2n) is 8.17. The molecule has 0 spiro atoms. The van der Waals surface area contributed by atoms with Gasteiger partial charge in [-0.3, -0.25) is 0 Å². The van der Waals surface area contributed by atoms with E-state index in [1.807, 2.05) is 0 Å². The van der Waals surface area contributed by atoms with Crippen molar-refractivity contribution in [3.8, 4) is 11.3 Å². The first-order valence-electron chi connectivity index (χ1n) is 10.4. The highest BCUT2D eigenvalue weighted by Crippen LogP contribution is 2.37. The SMILES string of the molecule is Cc1ccc2ccccc2c1-c1cc2c3ccccc3c3ccccc3c2c[n+]1C. The van der Waals surface area contributed by atoms with Gasteiger partial charge in [0.25, 0.3) is 0 Å². The van der Waals surface area contributed by atoms with Crippen LogP contribution in [-0.2, 0) is 7.05 Å². The van der Waals surface area contributed by atoms with Crippen LogP contribution in [0.5, 0.6) is 0 Å². The normalized spacial score (nSPS) is 11.7. The van der Waals surface area contributed by atoms with Crippen molar-refractivity contribution in [1.82, 2.24) is 0 Å². The summed E-state index contributed by atoms with van der Waals surface area (Å²) >= 11 is 0. The molecule has 0 fully saturated rings. The highest BCUT2D eigenvalue weighted by Gasteiger charge is 2.19. The second-order valence-corrected chi connectivity index (χ2v) is 8.17. The third kappa shape index (κ3) is 2.39. The van der Waals surface area contributed by atoms with Gasteiger partial charge < -0.3 is 0 Å². The van der Waals surface area contributed by atoms with E-state index in [4.69, 9.17) is 0 Å². The Balaban J connectivity index is 1.81. The lowest BCUT2D eigenvalue weighted by Gasteiger charge is -2.13. The first-order chi connectivity index (χ1) is 14.7. The van der Waals surface area contributed by atoms with E-state index in [-0.39, 0.29) is 0 Å². The zero-order valence-corrected chi connectivity index (χ0v) is 17.2. The number of hydrogen-bond donors (Lipinski definition) is 0. The molecule has 1 nitrogen and oxygen atoms in total. The summed E-state index contributed by atoms with van der Waals surface area (Å²) in [6.45, 7) is 2.21. The molecular formula is C29H22N+. The Morgan fingerprint density at radius 3 is 1.73 bits per heavy atom. The maximum absolute atomic E-state index is 2.39. The van der Waals surface area contributed by atoms with Crippen molar-refractivity contribution in [3.63, 3.8) is 0 Å². The minimum absolute atomic E-state index is 1.25. The van der Waals surface area contributed by atoms with E-state index in [9.17, 15) is 0 Å². The number of rotatable bonds is 1. The van der Waals surface area contributed by atoms with Crippen molar-refractivity contribution < 1.29 is 4.57 Å². The Morgan fingerprint density at radius 1 is 0.533 bits per heavy atom. The fourth-order valence-electron chi connectivity index (χ4n) is 4.96. The summed E-state index contributed by atoms with van der Waals surface area (Å²) in [4.78, 5) is 0. The quantitative estimate of drug-likeness (QED) is 0.210. The van der Waals surface area contributed by atoms with Gasteiger partial charge in [0, 0.05) is 11.5 Å². The molecule has 0 N–H and O–H groups in total. The molecule has 0 bridgehead atoms. The van der Waals surface area contributed by atoms with Gasteiger partial charge in [-0.15, -0.1) is 0 Å². The zero-order valence-electron chi connectivity index (χ0n) is 17.2. The van der Waals surface area contributed by atoms with E-state index in [1.54, 1.807) is 0 Å². The monoisotopic (exact) mass is 384 g/mol. The van der Waals surface area contributed by atoms with Crippen molar-refractivity contribution in [2.75, 3.05) is 0 Å². The summed E-state index contributed by atoms with van der Waals surface area (Å²) in [7, 11) is 2.17. The molecule has 0 saturated carbocycles. The second kappa shape index (κ2) is 6.40. The Labute approximate surface area is 175 Å². The average molecular weight is 385 g/mol. The van der Waals surface area contributed by atoms with Gasteiger partial charge in [0.1, 0.15) is 7.05 Å². The molecule has 5 aromatic carbocycles. The summed E-state index contributed by atoms with van der Waals surface area (Å²) < 4.78 is 2.29. The maximum atomic E-state index is 2.39. The third-order valence-corrected chi connectivity index (χ3v) is 6.39. The molecule has 0 atom stereocenters. The van der Waals surface area contributed by atoms with Crippen LogP contribution in [0.3, 0.4) is 0 Å². The molecule has 6 rings (SSSR count). The predicted octanol–water partition coefficient (Wildman–Crippen LogP) is 7.10. The van der Waals surface area contributed by atoms with Crippen LogP contribution in [0.2, 0.25) is 0 Å². The van der Waals surface area contributed by atoms with Gasteiger partial charge in [-0.1, -0.05) is 84.9 Å².